The number of carbonyl (C=O) groups excluding carboxylic acids is 1. The minimum Gasteiger partial charge on any atom is -0.481 e. The van der Waals surface area contributed by atoms with E-state index in [0.29, 0.717) is 19.5 Å². The Morgan fingerprint density at radius 2 is 2.26 bits per heavy atom. The van der Waals surface area contributed by atoms with Gasteiger partial charge >= 0.3 is 5.97 Å². The van der Waals surface area contributed by atoms with Gasteiger partial charge < -0.3 is 10.0 Å². The predicted octanol–water partition coefficient (Wildman–Crippen LogP) is 2.56. The van der Waals surface area contributed by atoms with Crippen molar-refractivity contribution in [3.8, 4) is 0 Å². The monoisotopic (exact) mass is 281 g/mol. The van der Waals surface area contributed by atoms with Crippen LogP contribution in [0.4, 0.5) is 0 Å². The van der Waals surface area contributed by atoms with Gasteiger partial charge in [0.05, 0.1) is 10.8 Å². The van der Waals surface area contributed by atoms with Crippen molar-refractivity contribution in [1.29, 1.82) is 0 Å². The molecule has 1 amide bonds. The maximum Gasteiger partial charge on any atom is 0.308 e. The number of carboxylic acid groups (broad SMARTS) is 1. The molecule has 1 aliphatic heterocycles. The third-order valence-electron chi connectivity index (χ3n) is 3.58. The van der Waals surface area contributed by atoms with Crippen LogP contribution in [0, 0.1) is 12.8 Å². The second kappa shape index (κ2) is 5.74. The van der Waals surface area contributed by atoms with Crippen molar-refractivity contribution < 1.29 is 14.7 Å². The second-order valence-corrected chi connectivity index (χ2v) is 6.27. The first kappa shape index (κ1) is 14.1. The van der Waals surface area contributed by atoms with Crippen molar-refractivity contribution in [2.24, 2.45) is 5.92 Å². The molecule has 0 spiro atoms. The van der Waals surface area contributed by atoms with Gasteiger partial charge in [0.2, 0.25) is 0 Å². The summed E-state index contributed by atoms with van der Waals surface area (Å²) in [6, 6.07) is 1.97. The molecule has 104 valence electrons. The highest BCUT2D eigenvalue weighted by molar-refractivity contribution is 7.14. The average Bonchev–Trinajstić information content (AvgIpc) is 2.97. The van der Waals surface area contributed by atoms with Crippen LogP contribution in [0.3, 0.4) is 0 Å². The molecule has 1 saturated heterocycles. The van der Waals surface area contributed by atoms with Crippen molar-refractivity contribution in [3.05, 3.63) is 21.4 Å². The van der Waals surface area contributed by atoms with Gasteiger partial charge in [0.25, 0.3) is 5.91 Å². The number of carboxylic acids is 1. The largest absolute Gasteiger partial charge is 0.481 e. The summed E-state index contributed by atoms with van der Waals surface area (Å²) in [5.74, 6) is -1.22. The van der Waals surface area contributed by atoms with Gasteiger partial charge in [-0.25, -0.2) is 0 Å². The van der Waals surface area contributed by atoms with Gasteiger partial charge in [-0.15, -0.1) is 11.3 Å². The molecule has 1 fully saturated rings. The van der Waals surface area contributed by atoms with Gasteiger partial charge in [0.1, 0.15) is 0 Å². The van der Waals surface area contributed by atoms with E-state index in [1.807, 2.05) is 13.0 Å². The molecule has 2 heterocycles. The molecule has 1 N–H and O–H groups in total. The quantitative estimate of drug-likeness (QED) is 0.922. The lowest BCUT2D eigenvalue weighted by molar-refractivity contribution is -0.141. The number of thiophene rings is 1. The van der Waals surface area contributed by atoms with Crippen LogP contribution < -0.4 is 0 Å². The first-order valence-electron chi connectivity index (χ1n) is 6.64. The Kier molecular flexibility index (Phi) is 4.24. The summed E-state index contributed by atoms with van der Waals surface area (Å²) in [7, 11) is 0. The molecule has 1 unspecified atom stereocenters. The second-order valence-electron chi connectivity index (χ2n) is 5.02. The Morgan fingerprint density at radius 3 is 2.84 bits per heavy atom. The van der Waals surface area contributed by atoms with Crippen LogP contribution in [0.1, 0.15) is 39.9 Å². The van der Waals surface area contributed by atoms with Crippen molar-refractivity contribution >= 4 is 23.2 Å². The standard InChI is InChI=1S/C14H19NO3S/c1-3-4-10-7-12(19-9(10)2)13(16)15-6-5-11(8-15)14(17)18/h7,11H,3-6,8H2,1-2H3,(H,17,18). The van der Waals surface area contributed by atoms with E-state index in [1.54, 1.807) is 4.90 Å². The molecule has 1 aromatic rings. The molecule has 1 aliphatic rings. The molecule has 19 heavy (non-hydrogen) atoms. The van der Waals surface area contributed by atoms with E-state index >= 15 is 0 Å². The zero-order chi connectivity index (χ0) is 14.0. The molecule has 2 rings (SSSR count). The summed E-state index contributed by atoms with van der Waals surface area (Å²) in [6.07, 6.45) is 2.62. The van der Waals surface area contributed by atoms with E-state index in [1.165, 1.54) is 21.8 Å². The average molecular weight is 281 g/mol. The molecule has 0 radical (unpaired) electrons. The molecular formula is C14H19NO3S. The minimum atomic E-state index is -0.802. The minimum absolute atomic E-state index is 0.0146. The third-order valence-corrected chi connectivity index (χ3v) is 4.66. The number of rotatable bonds is 4. The fraction of sp³-hybridized carbons (Fsp3) is 0.571. The third kappa shape index (κ3) is 2.97. The van der Waals surface area contributed by atoms with Crippen LogP contribution in [0.25, 0.3) is 0 Å². The lowest BCUT2D eigenvalue weighted by Gasteiger charge is -2.14. The SMILES string of the molecule is CCCc1cc(C(=O)N2CCC(C(=O)O)C2)sc1C. The van der Waals surface area contributed by atoms with Crippen LogP contribution in [0.5, 0.6) is 0 Å². The highest BCUT2D eigenvalue weighted by Crippen LogP contribution is 2.26. The van der Waals surface area contributed by atoms with Crippen molar-refractivity contribution in [2.75, 3.05) is 13.1 Å². The summed E-state index contributed by atoms with van der Waals surface area (Å²) >= 11 is 1.52. The van der Waals surface area contributed by atoms with E-state index < -0.39 is 11.9 Å². The smallest absolute Gasteiger partial charge is 0.308 e. The molecular weight excluding hydrogens is 262 g/mol. The van der Waals surface area contributed by atoms with Gasteiger partial charge in [-0.2, -0.15) is 0 Å². The summed E-state index contributed by atoms with van der Waals surface area (Å²) < 4.78 is 0. The number of hydrogen-bond acceptors (Lipinski definition) is 3. The number of aryl methyl sites for hydroxylation is 2. The molecule has 0 aromatic carbocycles. The Balaban J connectivity index is 2.08. The van der Waals surface area contributed by atoms with Crippen molar-refractivity contribution in [2.45, 2.75) is 33.1 Å². The van der Waals surface area contributed by atoms with E-state index in [9.17, 15) is 9.59 Å². The molecule has 1 aromatic heterocycles. The van der Waals surface area contributed by atoms with Crippen LogP contribution >= 0.6 is 11.3 Å². The van der Waals surface area contributed by atoms with Gasteiger partial charge in [-0.05, 0) is 31.4 Å². The zero-order valence-corrected chi connectivity index (χ0v) is 12.1. The fourth-order valence-corrected chi connectivity index (χ4v) is 3.48. The van der Waals surface area contributed by atoms with Crippen molar-refractivity contribution in [3.63, 3.8) is 0 Å². The molecule has 4 nitrogen and oxygen atoms in total. The number of carbonyl (C=O) groups is 2. The van der Waals surface area contributed by atoms with E-state index in [2.05, 4.69) is 6.92 Å². The Labute approximate surface area is 117 Å². The highest BCUT2D eigenvalue weighted by Gasteiger charge is 2.31. The molecule has 1 atom stereocenters. The van der Waals surface area contributed by atoms with Gasteiger partial charge in [0, 0.05) is 18.0 Å². The van der Waals surface area contributed by atoms with Gasteiger partial charge in [-0.1, -0.05) is 13.3 Å². The van der Waals surface area contributed by atoms with E-state index in [0.717, 1.165) is 17.7 Å². The topological polar surface area (TPSA) is 57.6 Å². The lowest BCUT2D eigenvalue weighted by atomic mass is 10.1. The van der Waals surface area contributed by atoms with Crippen molar-refractivity contribution in [1.82, 2.24) is 4.90 Å². The molecule has 0 saturated carbocycles. The van der Waals surface area contributed by atoms with Crippen LogP contribution in [0.2, 0.25) is 0 Å². The van der Waals surface area contributed by atoms with Gasteiger partial charge in [-0.3, -0.25) is 9.59 Å². The lowest BCUT2D eigenvalue weighted by Crippen LogP contribution is -2.29. The molecule has 5 heteroatoms. The van der Waals surface area contributed by atoms with E-state index in [-0.39, 0.29) is 5.91 Å². The zero-order valence-electron chi connectivity index (χ0n) is 11.3. The Bertz CT molecular complexity index is 495. The van der Waals surface area contributed by atoms with Crippen LogP contribution in [0.15, 0.2) is 6.07 Å². The number of amides is 1. The van der Waals surface area contributed by atoms with Crippen LogP contribution in [-0.2, 0) is 11.2 Å². The normalized spacial score (nSPS) is 18.8. The maximum atomic E-state index is 12.3. The Hall–Kier alpha value is -1.36. The summed E-state index contributed by atoms with van der Waals surface area (Å²) in [5, 5.41) is 8.97. The number of aliphatic carboxylic acids is 1. The first-order chi connectivity index (χ1) is 9.02. The Morgan fingerprint density at radius 1 is 1.53 bits per heavy atom. The number of hydrogen-bond donors (Lipinski definition) is 1. The highest BCUT2D eigenvalue weighted by atomic mass is 32.1. The summed E-state index contributed by atoms with van der Waals surface area (Å²) in [4.78, 5) is 26.8. The van der Waals surface area contributed by atoms with Gasteiger partial charge in [0.15, 0.2) is 0 Å². The molecule has 0 aliphatic carbocycles. The predicted molar refractivity (Wildman–Crippen MR) is 74.7 cm³/mol. The molecule has 0 bridgehead atoms. The maximum absolute atomic E-state index is 12.3. The summed E-state index contributed by atoms with van der Waals surface area (Å²) in [5.41, 5.74) is 1.24. The number of nitrogens with zero attached hydrogens (tertiary/aromatic N) is 1. The number of likely N-dealkylation sites (tertiary alicyclic amines) is 1. The first-order valence-corrected chi connectivity index (χ1v) is 7.46. The van der Waals surface area contributed by atoms with E-state index in [4.69, 9.17) is 5.11 Å². The fourth-order valence-electron chi connectivity index (χ4n) is 2.44. The summed E-state index contributed by atoms with van der Waals surface area (Å²) in [6.45, 7) is 5.05. The van der Waals surface area contributed by atoms with Crippen LogP contribution in [-0.4, -0.2) is 35.0 Å².